The Hall–Kier alpha value is -0.260. The summed E-state index contributed by atoms with van der Waals surface area (Å²) in [7, 11) is 0. The molecule has 2 atom stereocenters. The number of hydrogen-bond donors (Lipinski definition) is 0. The molecule has 2 unspecified atom stereocenters. The van der Waals surface area contributed by atoms with E-state index in [1.165, 1.54) is 32.1 Å². The van der Waals surface area contributed by atoms with E-state index >= 15 is 0 Å². The Kier molecular flexibility index (Phi) is 1.78. The fourth-order valence-corrected chi connectivity index (χ4v) is 2.74. The fraction of sp³-hybridized carbons (Fsp3) is 0.818. The van der Waals surface area contributed by atoms with Crippen molar-refractivity contribution in [1.29, 1.82) is 0 Å². The van der Waals surface area contributed by atoms with Gasteiger partial charge >= 0.3 is 0 Å². The molecule has 0 spiro atoms. The summed E-state index contributed by atoms with van der Waals surface area (Å²) in [5.41, 5.74) is 3.44. The first-order chi connectivity index (χ1) is 5.30. The van der Waals surface area contributed by atoms with Crippen LogP contribution in [0.5, 0.6) is 0 Å². The Morgan fingerprint density at radius 1 is 1.00 bits per heavy atom. The summed E-state index contributed by atoms with van der Waals surface area (Å²) >= 11 is 0. The monoisotopic (exact) mass is 150 g/mol. The predicted octanol–water partition coefficient (Wildman–Crippen LogP) is 3.53. The third-order valence-corrected chi connectivity index (χ3v) is 3.28. The molecule has 0 saturated heterocycles. The predicted molar refractivity (Wildman–Crippen MR) is 48.4 cm³/mol. The quantitative estimate of drug-likeness (QED) is 0.463. The molecule has 0 radical (unpaired) electrons. The number of rotatable bonds is 0. The Bertz CT molecular complexity index is 170. The third-order valence-electron chi connectivity index (χ3n) is 3.28. The summed E-state index contributed by atoms with van der Waals surface area (Å²) in [6.07, 6.45) is 7.44. The molecule has 0 heteroatoms. The van der Waals surface area contributed by atoms with Crippen molar-refractivity contribution in [1.82, 2.24) is 0 Å². The highest BCUT2D eigenvalue weighted by molar-refractivity contribution is 5.33. The lowest BCUT2D eigenvalue weighted by atomic mass is 10.1. The summed E-state index contributed by atoms with van der Waals surface area (Å²) in [6.45, 7) is 4.56. The van der Waals surface area contributed by atoms with Gasteiger partial charge in [0.05, 0.1) is 0 Å². The van der Waals surface area contributed by atoms with E-state index in [0.717, 1.165) is 11.8 Å². The molecular weight excluding hydrogens is 132 g/mol. The maximum atomic E-state index is 2.28. The Balaban J connectivity index is 2.08. The second-order valence-electron chi connectivity index (χ2n) is 4.31. The zero-order valence-corrected chi connectivity index (χ0v) is 7.69. The van der Waals surface area contributed by atoms with Crippen molar-refractivity contribution in [2.45, 2.75) is 46.0 Å². The van der Waals surface area contributed by atoms with E-state index in [2.05, 4.69) is 13.8 Å². The molecule has 2 aliphatic rings. The van der Waals surface area contributed by atoms with Crippen LogP contribution in [0.2, 0.25) is 0 Å². The molecule has 11 heavy (non-hydrogen) atoms. The van der Waals surface area contributed by atoms with Gasteiger partial charge in [0.25, 0.3) is 0 Å². The van der Waals surface area contributed by atoms with Crippen LogP contribution < -0.4 is 0 Å². The lowest BCUT2D eigenvalue weighted by Gasteiger charge is -1.95. The molecule has 0 aliphatic heterocycles. The normalized spacial score (nSPS) is 36.0. The van der Waals surface area contributed by atoms with Crippen LogP contribution in [0.3, 0.4) is 0 Å². The van der Waals surface area contributed by atoms with Crippen LogP contribution in [0.15, 0.2) is 11.1 Å². The van der Waals surface area contributed by atoms with Gasteiger partial charge in [0.2, 0.25) is 0 Å². The van der Waals surface area contributed by atoms with Gasteiger partial charge in [0.15, 0.2) is 0 Å². The number of hydrogen-bond acceptors (Lipinski definition) is 0. The minimum atomic E-state index is 1.03. The van der Waals surface area contributed by atoms with Gasteiger partial charge in [-0.15, -0.1) is 0 Å². The van der Waals surface area contributed by atoms with Gasteiger partial charge in [0, 0.05) is 0 Å². The van der Waals surface area contributed by atoms with Crippen molar-refractivity contribution in [2.24, 2.45) is 11.8 Å². The highest BCUT2D eigenvalue weighted by atomic mass is 14.5. The molecule has 62 valence electrons. The first-order valence-electron chi connectivity index (χ1n) is 4.98. The fourth-order valence-electron chi connectivity index (χ4n) is 2.74. The Morgan fingerprint density at radius 2 is 1.55 bits per heavy atom. The van der Waals surface area contributed by atoms with E-state index in [4.69, 9.17) is 0 Å². The minimum Gasteiger partial charge on any atom is -0.0766 e. The van der Waals surface area contributed by atoms with Crippen molar-refractivity contribution >= 4 is 0 Å². The summed E-state index contributed by atoms with van der Waals surface area (Å²) in [5.74, 6) is 2.06. The molecule has 0 heterocycles. The second-order valence-corrected chi connectivity index (χ2v) is 4.31. The average molecular weight is 150 g/mol. The first-order valence-corrected chi connectivity index (χ1v) is 4.98. The maximum absolute atomic E-state index is 2.28. The van der Waals surface area contributed by atoms with Gasteiger partial charge in [-0.05, 0) is 38.5 Å². The lowest BCUT2D eigenvalue weighted by molar-refractivity contribution is 0.663. The smallest absolute Gasteiger partial charge is 0.0132 e. The molecule has 2 saturated carbocycles. The molecule has 0 nitrogen and oxygen atoms in total. The number of fused-ring (bicyclic) bond motifs is 1. The SMILES string of the molecule is CC(C)=C1C2CCCCCC12. The molecule has 2 fully saturated rings. The Morgan fingerprint density at radius 3 is 2.00 bits per heavy atom. The first kappa shape index (κ1) is 7.39. The van der Waals surface area contributed by atoms with Crippen LogP contribution in [0, 0.1) is 11.8 Å². The van der Waals surface area contributed by atoms with E-state index in [1.807, 2.05) is 5.57 Å². The molecule has 0 amide bonds. The van der Waals surface area contributed by atoms with Crippen LogP contribution in [0.25, 0.3) is 0 Å². The summed E-state index contributed by atoms with van der Waals surface area (Å²) in [6, 6.07) is 0. The Labute approximate surface area is 69.7 Å². The molecule has 0 aromatic rings. The van der Waals surface area contributed by atoms with E-state index in [-0.39, 0.29) is 0 Å². The third kappa shape index (κ3) is 1.23. The van der Waals surface area contributed by atoms with E-state index in [1.54, 1.807) is 5.57 Å². The molecule has 0 aromatic heterocycles. The van der Waals surface area contributed by atoms with Crippen molar-refractivity contribution in [3.63, 3.8) is 0 Å². The zero-order valence-electron chi connectivity index (χ0n) is 7.69. The molecular formula is C11H18. The standard InChI is InChI=1S/C11H18/c1-8(2)11-9-6-4-3-5-7-10(9)11/h9-10H,3-7H2,1-2H3. The van der Waals surface area contributed by atoms with E-state index in [0.29, 0.717) is 0 Å². The highest BCUT2D eigenvalue weighted by Gasteiger charge is 2.43. The topological polar surface area (TPSA) is 0 Å². The van der Waals surface area contributed by atoms with Crippen molar-refractivity contribution < 1.29 is 0 Å². The minimum absolute atomic E-state index is 1.03. The van der Waals surface area contributed by atoms with Crippen LogP contribution in [-0.4, -0.2) is 0 Å². The number of allylic oxidation sites excluding steroid dienone is 2. The van der Waals surface area contributed by atoms with Gasteiger partial charge in [-0.25, -0.2) is 0 Å². The second kappa shape index (κ2) is 2.66. The molecule has 2 rings (SSSR count). The van der Waals surface area contributed by atoms with Gasteiger partial charge < -0.3 is 0 Å². The molecule has 2 aliphatic carbocycles. The molecule has 0 bridgehead atoms. The summed E-state index contributed by atoms with van der Waals surface area (Å²) in [5, 5.41) is 0. The van der Waals surface area contributed by atoms with Crippen molar-refractivity contribution in [3.8, 4) is 0 Å². The van der Waals surface area contributed by atoms with Crippen LogP contribution >= 0.6 is 0 Å². The molecule has 0 aromatic carbocycles. The summed E-state index contributed by atoms with van der Waals surface area (Å²) < 4.78 is 0. The van der Waals surface area contributed by atoms with Crippen LogP contribution in [0.4, 0.5) is 0 Å². The lowest BCUT2D eigenvalue weighted by Crippen LogP contribution is -1.77. The zero-order chi connectivity index (χ0) is 7.84. The summed E-state index contributed by atoms with van der Waals surface area (Å²) in [4.78, 5) is 0. The van der Waals surface area contributed by atoms with Gasteiger partial charge in [0.1, 0.15) is 0 Å². The van der Waals surface area contributed by atoms with Crippen LogP contribution in [0.1, 0.15) is 46.0 Å². The van der Waals surface area contributed by atoms with Gasteiger partial charge in [-0.2, -0.15) is 0 Å². The van der Waals surface area contributed by atoms with Gasteiger partial charge in [-0.1, -0.05) is 30.4 Å². The van der Waals surface area contributed by atoms with Crippen molar-refractivity contribution in [3.05, 3.63) is 11.1 Å². The molecule has 0 N–H and O–H groups in total. The van der Waals surface area contributed by atoms with E-state index < -0.39 is 0 Å². The highest BCUT2D eigenvalue weighted by Crippen LogP contribution is 2.54. The maximum Gasteiger partial charge on any atom is -0.0132 e. The van der Waals surface area contributed by atoms with Gasteiger partial charge in [-0.3, -0.25) is 0 Å². The average Bonchev–Trinajstić information content (AvgIpc) is 2.57. The van der Waals surface area contributed by atoms with E-state index in [9.17, 15) is 0 Å². The van der Waals surface area contributed by atoms with Crippen LogP contribution in [-0.2, 0) is 0 Å². The largest absolute Gasteiger partial charge is 0.0766 e. The van der Waals surface area contributed by atoms with Crippen molar-refractivity contribution in [2.75, 3.05) is 0 Å².